The summed E-state index contributed by atoms with van der Waals surface area (Å²) in [5, 5.41) is 0. The maximum absolute atomic E-state index is 12.4. The Morgan fingerprint density at radius 1 is 1.04 bits per heavy atom. The number of likely N-dealkylation sites (N-methyl/N-ethyl adjacent to an activating group) is 1. The molecule has 0 unspecified atom stereocenters. The molecule has 3 aromatic rings. The van der Waals surface area contributed by atoms with E-state index in [1.165, 1.54) is 17.2 Å². The molecule has 0 fully saturated rings. The Bertz CT molecular complexity index is 984. The van der Waals surface area contributed by atoms with Gasteiger partial charge in [-0.1, -0.05) is 30.3 Å². The summed E-state index contributed by atoms with van der Waals surface area (Å²) in [6, 6.07) is 10.4. The number of rotatable bonds is 6. The Kier molecular flexibility index (Phi) is 4.85. The SMILES string of the molecule is CN(CCc1ccccc1)CCn1cnc2c1c(=O)n(C)c(=O)n2C. The first-order valence-electron chi connectivity index (χ1n) is 8.32. The summed E-state index contributed by atoms with van der Waals surface area (Å²) in [6.07, 6.45) is 2.62. The number of fused-ring (bicyclic) bond motifs is 1. The van der Waals surface area contributed by atoms with E-state index in [1.54, 1.807) is 13.4 Å². The van der Waals surface area contributed by atoms with E-state index >= 15 is 0 Å². The maximum atomic E-state index is 12.4. The molecule has 7 heteroatoms. The van der Waals surface area contributed by atoms with Crippen molar-refractivity contribution in [3.8, 4) is 0 Å². The van der Waals surface area contributed by atoms with Gasteiger partial charge >= 0.3 is 5.69 Å². The molecule has 0 aliphatic heterocycles. The first kappa shape index (κ1) is 17.2. The van der Waals surface area contributed by atoms with Gasteiger partial charge in [-0.15, -0.1) is 0 Å². The van der Waals surface area contributed by atoms with Crippen molar-refractivity contribution in [2.75, 3.05) is 20.1 Å². The Labute approximate surface area is 145 Å². The van der Waals surface area contributed by atoms with Crippen molar-refractivity contribution in [2.45, 2.75) is 13.0 Å². The highest BCUT2D eigenvalue weighted by Crippen LogP contribution is 2.06. The fourth-order valence-electron chi connectivity index (χ4n) is 2.92. The van der Waals surface area contributed by atoms with Gasteiger partial charge in [0.15, 0.2) is 11.2 Å². The number of nitrogens with zero attached hydrogens (tertiary/aromatic N) is 5. The van der Waals surface area contributed by atoms with Crippen molar-refractivity contribution < 1.29 is 0 Å². The number of benzene rings is 1. The van der Waals surface area contributed by atoms with Gasteiger partial charge in [0, 0.05) is 33.7 Å². The summed E-state index contributed by atoms with van der Waals surface area (Å²) in [7, 11) is 5.19. The summed E-state index contributed by atoms with van der Waals surface area (Å²) in [5.41, 5.74) is 1.55. The highest BCUT2D eigenvalue weighted by molar-refractivity contribution is 5.69. The van der Waals surface area contributed by atoms with Crippen LogP contribution in [0.2, 0.25) is 0 Å². The Balaban J connectivity index is 1.71. The van der Waals surface area contributed by atoms with Crippen LogP contribution in [0.25, 0.3) is 11.2 Å². The van der Waals surface area contributed by atoms with E-state index in [2.05, 4.69) is 29.1 Å². The Morgan fingerprint density at radius 2 is 1.76 bits per heavy atom. The van der Waals surface area contributed by atoms with Gasteiger partial charge in [0.05, 0.1) is 6.33 Å². The van der Waals surface area contributed by atoms with Crippen LogP contribution in [0.5, 0.6) is 0 Å². The van der Waals surface area contributed by atoms with Gasteiger partial charge in [0.25, 0.3) is 5.56 Å². The van der Waals surface area contributed by atoms with E-state index in [-0.39, 0.29) is 11.2 Å². The van der Waals surface area contributed by atoms with Gasteiger partial charge in [-0.05, 0) is 19.0 Å². The van der Waals surface area contributed by atoms with Crippen LogP contribution in [0.1, 0.15) is 5.56 Å². The zero-order valence-electron chi connectivity index (χ0n) is 14.8. The molecule has 2 heterocycles. The highest BCUT2D eigenvalue weighted by atomic mass is 16.2. The second-order valence-electron chi connectivity index (χ2n) is 6.35. The van der Waals surface area contributed by atoms with E-state index in [0.29, 0.717) is 17.7 Å². The van der Waals surface area contributed by atoms with Crippen LogP contribution in [-0.4, -0.2) is 43.7 Å². The molecular weight excluding hydrogens is 318 g/mol. The van der Waals surface area contributed by atoms with Gasteiger partial charge < -0.3 is 9.47 Å². The monoisotopic (exact) mass is 341 g/mol. The van der Waals surface area contributed by atoms with Gasteiger partial charge in [0.2, 0.25) is 0 Å². The molecule has 0 amide bonds. The van der Waals surface area contributed by atoms with Crippen LogP contribution in [0, 0.1) is 0 Å². The minimum absolute atomic E-state index is 0.303. The fourth-order valence-corrected chi connectivity index (χ4v) is 2.92. The van der Waals surface area contributed by atoms with Crippen molar-refractivity contribution in [2.24, 2.45) is 14.1 Å². The predicted molar refractivity (Wildman–Crippen MR) is 97.9 cm³/mol. The number of hydrogen-bond donors (Lipinski definition) is 0. The van der Waals surface area contributed by atoms with Crippen LogP contribution < -0.4 is 11.2 Å². The first-order valence-corrected chi connectivity index (χ1v) is 8.32. The molecule has 0 atom stereocenters. The molecule has 0 bridgehead atoms. The standard InChI is InChI=1S/C18H23N5O2/c1-20(10-9-14-7-5-4-6-8-14)11-12-23-13-19-16-15(23)17(24)22(3)18(25)21(16)2/h4-8,13H,9-12H2,1-3H3. The molecule has 3 rings (SSSR count). The molecule has 0 radical (unpaired) electrons. The van der Waals surface area contributed by atoms with Gasteiger partial charge in [-0.3, -0.25) is 13.9 Å². The predicted octanol–water partition coefficient (Wildman–Crippen LogP) is 0.608. The number of hydrogen-bond acceptors (Lipinski definition) is 4. The summed E-state index contributed by atoms with van der Waals surface area (Å²) in [4.78, 5) is 30.9. The molecule has 0 aliphatic rings. The summed E-state index contributed by atoms with van der Waals surface area (Å²) >= 11 is 0. The van der Waals surface area contributed by atoms with Crippen LogP contribution in [0.4, 0.5) is 0 Å². The van der Waals surface area contributed by atoms with E-state index in [0.717, 1.165) is 24.1 Å². The third kappa shape index (κ3) is 3.41. The molecule has 0 N–H and O–H groups in total. The minimum atomic E-state index is -0.359. The fraction of sp³-hybridized carbons (Fsp3) is 0.389. The molecule has 7 nitrogen and oxygen atoms in total. The van der Waals surface area contributed by atoms with Gasteiger partial charge in [-0.2, -0.15) is 0 Å². The first-order chi connectivity index (χ1) is 12.0. The third-order valence-electron chi connectivity index (χ3n) is 4.56. The molecule has 0 spiro atoms. The van der Waals surface area contributed by atoms with Crippen molar-refractivity contribution in [1.29, 1.82) is 0 Å². The average molecular weight is 341 g/mol. The van der Waals surface area contributed by atoms with E-state index in [4.69, 9.17) is 0 Å². The third-order valence-corrected chi connectivity index (χ3v) is 4.56. The molecule has 0 saturated carbocycles. The number of aryl methyl sites for hydroxylation is 1. The lowest BCUT2D eigenvalue weighted by Crippen LogP contribution is -2.37. The lowest BCUT2D eigenvalue weighted by Gasteiger charge is -2.17. The summed E-state index contributed by atoms with van der Waals surface area (Å²) in [5.74, 6) is 0. The normalized spacial score (nSPS) is 11.5. The van der Waals surface area contributed by atoms with Crippen LogP contribution in [0.3, 0.4) is 0 Å². The molecule has 2 aromatic heterocycles. The molecule has 0 aliphatic carbocycles. The smallest absolute Gasteiger partial charge is 0.323 e. The zero-order valence-corrected chi connectivity index (χ0v) is 14.8. The largest absolute Gasteiger partial charge is 0.332 e. The summed E-state index contributed by atoms with van der Waals surface area (Å²) < 4.78 is 4.36. The average Bonchev–Trinajstić information content (AvgIpc) is 3.06. The second kappa shape index (κ2) is 7.06. The summed E-state index contributed by atoms with van der Waals surface area (Å²) in [6.45, 7) is 2.38. The van der Waals surface area contributed by atoms with Gasteiger partial charge in [0.1, 0.15) is 0 Å². The van der Waals surface area contributed by atoms with Crippen molar-refractivity contribution in [3.63, 3.8) is 0 Å². The number of imidazole rings is 1. The highest BCUT2D eigenvalue weighted by Gasteiger charge is 2.14. The van der Waals surface area contributed by atoms with Crippen molar-refractivity contribution >= 4 is 11.2 Å². The maximum Gasteiger partial charge on any atom is 0.332 e. The van der Waals surface area contributed by atoms with Gasteiger partial charge in [-0.25, -0.2) is 9.78 Å². The van der Waals surface area contributed by atoms with Crippen LogP contribution in [-0.2, 0) is 27.1 Å². The lowest BCUT2D eigenvalue weighted by molar-refractivity contribution is 0.324. The Hall–Kier alpha value is -2.67. The quantitative estimate of drug-likeness (QED) is 0.659. The lowest BCUT2D eigenvalue weighted by atomic mass is 10.1. The Morgan fingerprint density at radius 3 is 2.48 bits per heavy atom. The molecule has 1 aromatic carbocycles. The van der Waals surface area contributed by atoms with E-state index in [1.807, 2.05) is 22.8 Å². The topological polar surface area (TPSA) is 65.1 Å². The molecule has 0 saturated heterocycles. The second-order valence-corrected chi connectivity index (χ2v) is 6.35. The molecule has 25 heavy (non-hydrogen) atoms. The molecular formula is C18H23N5O2. The van der Waals surface area contributed by atoms with Crippen molar-refractivity contribution in [1.82, 2.24) is 23.6 Å². The minimum Gasteiger partial charge on any atom is -0.323 e. The van der Waals surface area contributed by atoms with Crippen molar-refractivity contribution in [3.05, 3.63) is 63.1 Å². The van der Waals surface area contributed by atoms with Crippen LogP contribution >= 0.6 is 0 Å². The zero-order chi connectivity index (χ0) is 18.0. The number of aromatic nitrogens is 4. The molecule has 132 valence electrons. The van der Waals surface area contributed by atoms with E-state index in [9.17, 15) is 9.59 Å². The van der Waals surface area contributed by atoms with Crippen LogP contribution in [0.15, 0.2) is 46.2 Å². The van der Waals surface area contributed by atoms with E-state index < -0.39 is 0 Å².